The molecule has 0 saturated heterocycles. The van der Waals surface area contributed by atoms with Crippen molar-refractivity contribution in [1.29, 1.82) is 0 Å². The highest BCUT2D eigenvalue weighted by atomic mass is 16.6. The van der Waals surface area contributed by atoms with Gasteiger partial charge in [-0.2, -0.15) is 0 Å². The molecule has 2 amide bonds. The van der Waals surface area contributed by atoms with Crippen LogP contribution in [0.5, 0.6) is 0 Å². The van der Waals surface area contributed by atoms with Gasteiger partial charge in [0.05, 0.1) is 0 Å². The quantitative estimate of drug-likeness (QED) is 0.361. The Morgan fingerprint density at radius 3 is 1.79 bits per heavy atom. The fourth-order valence-corrected chi connectivity index (χ4v) is 2.48. The minimum Gasteiger partial charge on any atom is -0.480 e. The second kappa shape index (κ2) is 11.7. The van der Waals surface area contributed by atoms with Crippen molar-refractivity contribution in [3.05, 3.63) is 0 Å². The SMILES string of the molecule is CC(C)C(NC(=O)[C@@H](NC(=O)CCCCC(=O)OC(C)(C)C)C(C)C)C(=O)O. The first-order valence-corrected chi connectivity index (χ1v) is 9.79. The van der Waals surface area contributed by atoms with Crippen LogP contribution in [-0.2, 0) is 23.9 Å². The lowest BCUT2D eigenvalue weighted by Gasteiger charge is -2.25. The molecule has 1 unspecified atom stereocenters. The summed E-state index contributed by atoms with van der Waals surface area (Å²) in [7, 11) is 0. The van der Waals surface area contributed by atoms with Crippen molar-refractivity contribution < 1.29 is 29.0 Å². The number of rotatable bonds is 11. The minimum absolute atomic E-state index is 0.172. The van der Waals surface area contributed by atoms with Gasteiger partial charge in [-0.3, -0.25) is 14.4 Å². The average molecular weight is 401 g/mol. The van der Waals surface area contributed by atoms with Crippen LogP contribution in [0.1, 0.15) is 74.1 Å². The van der Waals surface area contributed by atoms with Crippen molar-refractivity contribution in [3.8, 4) is 0 Å². The van der Waals surface area contributed by atoms with E-state index in [2.05, 4.69) is 10.6 Å². The van der Waals surface area contributed by atoms with Gasteiger partial charge in [-0.25, -0.2) is 4.79 Å². The van der Waals surface area contributed by atoms with E-state index in [-0.39, 0.29) is 36.6 Å². The van der Waals surface area contributed by atoms with E-state index in [1.54, 1.807) is 48.5 Å². The van der Waals surface area contributed by atoms with Crippen LogP contribution in [0.15, 0.2) is 0 Å². The van der Waals surface area contributed by atoms with Gasteiger partial charge in [0.2, 0.25) is 11.8 Å². The maximum atomic E-state index is 12.4. The van der Waals surface area contributed by atoms with Crippen LogP contribution in [0.2, 0.25) is 0 Å². The van der Waals surface area contributed by atoms with E-state index in [0.29, 0.717) is 12.8 Å². The normalized spacial score (nSPS) is 13.8. The molecule has 0 aromatic rings. The molecule has 0 aromatic heterocycles. The van der Waals surface area contributed by atoms with Crippen LogP contribution in [0.3, 0.4) is 0 Å². The van der Waals surface area contributed by atoms with Gasteiger partial charge < -0.3 is 20.5 Å². The smallest absolute Gasteiger partial charge is 0.326 e. The van der Waals surface area contributed by atoms with E-state index in [9.17, 15) is 24.3 Å². The molecule has 28 heavy (non-hydrogen) atoms. The van der Waals surface area contributed by atoms with Gasteiger partial charge in [0.25, 0.3) is 0 Å². The third-order valence-electron chi connectivity index (χ3n) is 3.95. The van der Waals surface area contributed by atoms with Gasteiger partial charge in [-0.05, 0) is 45.4 Å². The van der Waals surface area contributed by atoms with Crippen molar-refractivity contribution in [1.82, 2.24) is 10.6 Å². The minimum atomic E-state index is -1.11. The van der Waals surface area contributed by atoms with Crippen LogP contribution >= 0.6 is 0 Å². The second-order valence-electron chi connectivity index (χ2n) is 8.65. The molecule has 8 nitrogen and oxygen atoms in total. The Labute approximate surface area is 167 Å². The lowest BCUT2D eigenvalue weighted by atomic mass is 10.00. The molecular weight excluding hydrogens is 364 g/mol. The Morgan fingerprint density at radius 1 is 0.857 bits per heavy atom. The topological polar surface area (TPSA) is 122 Å². The molecule has 2 atom stereocenters. The molecule has 0 saturated carbocycles. The summed E-state index contributed by atoms with van der Waals surface area (Å²) in [4.78, 5) is 47.5. The average Bonchev–Trinajstić information content (AvgIpc) is 2.51. The Bertz CT molecular complexity index is 551. The number of hydrogen-bond donors (Lipinski definition) is 3. The number of carbonyl (C=O) groups excluding carboxylic acids is 3. The summed E-state index contributed by atoms with van der Waals surface area (Å²) in [6, 6.07) is -1.83. The Kier molecular flexibility index (Phi) is 10.8. The summed E-state index contributed by atoms with van der Waals surface area (Å²) in [5.41, 5.74) is -0.532. The molecule has 3 N–H and O–H groups in total. The van der Waals surface area contributed by atoms with Gasteiger partial charge in [-0.15, -0.1) is 0 Å². The molecule has 8 heteroatoms. The zero-order valence-electron chi connectivity index (χ0n) is 18.1. The highest BCUT2D eigenvalue weighted by Crippen LogP contribution is 2.11. The van der Waals surface area contributed by atoms with Crippen LogP contribution in [0.4, 0.5) is 0 Å². The molecule has 0 heterocycles. The number of aliphatic carboxylic acids is 1. The second-order valence-corrected chi connectivity index (χ2v) is 8.65. The molecule has 0 radical (unpaired) electrons. The van der Waals surface area contributed by atoms with E-state index in [1.807, 2.05) is 0 Å². The summed E-state index contributed by atoms with van der Waals surface area (Å²) in [6.07, 6.45) is 1.40. The largest absolute Gasteiger partial charge is 0.480 e. The molecule has 0 aromatic carbocycles. The first-order valence-electron chi connectivity index (χ1n) is 9.79. The molecule has 0 bridgehead atoms. The van der Waals surface area contributed by atoms with E-state index >= 15 is 0 Å². The van der Waals surface area contributed by atoms with Crippen molar-refractivity contribution in [2.45, 2.75) is 91.8 Å². The number of carboxylic acid groups (broad SMARTS) is 1. The fourth-order valence-electron chi connectivity index (χ4n) is 2.48. The van der Waals surface area contributed by atoms with Crippen LogP contribution < -0.4 is 10.6 Å². The fraction of sp³-hybridized carbons (Fsp3) is 0.800. The van der Waals surface area contributed by atoms with Gasteiger partial charge in [-0.1, -0.05) is 27.7 Å². The number of unbranched alkanes of at least 4 members (excludes halogenated alkanes) is 1. The number of ether oxygens (including phenoxy) is 1. The van der Waals surface area contributed by atoms with E-state index in [0.717, 1.165) is 0 Å². The highest BCUT2D eigenvalue weighted by molar-refractivity contribution is 5.90. The Hall–Kier alpha value is -2.12. The predicted octanol–water partition coefficient (Wildman–Crippen LogP) is 2.25. The highest BCUT2D eigenvalue weighted by Gasteiger charge is 2.30. The molecule has 0 aliphatic carbocycles. The summed E-state index contributed by atoms with van der Waals surface area (Å²) in [6.45, 7) is 12.3. The van der Waals surface area contributed by atoms with E-state index < -0.39 is 29.6 Å². The molecule has 0 rings (SSSR count). The van der Waals surface area contributed by atoms with Crippen molar-refractivity contribution in [2.75, 3.05) is 0 Å². The van der Waals surface area contributed by atoms with Gasteiger partial charge in [0.1, 0.15) is 17.7 Å². The lowest BCUT2D eigenvalue weighted by molar-refractivity contribution is -0.155. The number of carboxylic acids is 1. The number of hydrogen-bond acceptors (Lipinski definition) is 5. The number of amides is 2. The van der Waals surface area contributed by atoms with Crippen LogP contribution in [0, 0.1) is 11.8 Å². The lowest BCUT2D eigenvalue weighted by Crippen LogP contribution is -2.54. The predicted molar refractivity (Wildman–Crippen MR) is 105 cm³/mol. The molecule has 0 aliphatic rings. The number of esters is 1. The van der Waals surface area contributed by atoms with Gasteiger partial charge in [0, 0.05) is 12.8 Å². The summed E-state index contributed by atoms with van der Waals surface area (Å²) < 4.78 is 5.21. The van der Waals surface area contributed by atoms with Crippen molar-refractivity contribution in [3.63, 3.8) is 0 Å². The van der Waals surface area contributed by atoms with E-state index in [1.165, 1.54) is 0 Å². The third kappa shape index (κ3) is 10.9. The van der Waals surface area contributed by atoms with Gasteiger partial charge >= 0.3 is 11.9 Å². The van der Waals surface area contributed by atoms with E-state index in [4.69, 9.17) is 4.74 Å². The summed E-state index contributed by atoms with van der Waals surface area (Å²) >= 11 is 0. The first kappa shape index (κ1) is 25.9. The summed E-state index contributed by atoms with van der Waals surface area (Å²) in [5.74, 6) is -2.72. The standard InChI is InChI=1S/C20H36N2O6/c1-12(2)16(18(25)22-17(13(3)4)19(26)27)21-14(23)10-8-9-11-15(24)28-20(5,6)7/h12-13,16-17H,8-11H2,1-7H3,(H,21,23)(H,22,25)(H,26,27)/t16-,17?/m0/s1. The monoisotopic (exact) mass is 400 g/mol. The number of nitrogens with one attached hydrogen (secondary N) is 2. The molecule has 0 aliphatic heterocycles. The Morgan fingerprint density at radius 2 is 1.36 bits per heavy atom. The van der Waals surface area contributed by atoms with Crippen molar-refractivity contribution in [2.24, 2.45) is 11.8 Å². The number of carbonyl (C=O) groups is 4. The molecule has 0 spiro atoms. The maximum Gasteiger partial charge on any atom is 0.326 e. The zero-order valence-corrected chi connectivity index (χ0v) is 18.1. The molecule has 0 fully saturated rings. The summed E-state index contributed by atoms with van der Waals surface area (Å²) in [5, 5.41) is 14.4. The molecule has 162 valence electrons. The third-order valence-corrected chi connectivity index (χ3v) is 3.95. The van der Waals surface area contributed by atoms with Gasteiger partial charge in [0.15, 0.2) is 0 Å². The Balaban J connectivity index is 4.53. The maximum absolute atomic E-state index is 12.4. The first-order chi connectivity index (χ1) is 12.7. The van der Waals surface area contributed by atoms with Crippen LogP contribution in [-0.4, -0.2) is 46.5 Å². The van der Waals surface area contributed by atoms with Crippen LogP contribution in [0.25, 0.3) is 0 Å². The molecular formula is C20H36N2O6. The van der Waals surface area contributed by atoms with Crippen molar-refractivity contribution >= 4 is 23.8 Å². The zero-order chi connectivity index (χ0) is 22.1.